The summed E-state index contributed by atoms with van der Waals surface area (Å²) in [4.78, 5) is 0. The van der Waals surface area contributed by atoms with Crippen LogP contribution in [0, 0.1) is 5.82 Å². The van der Waals surface area contributed by atoms with E-state index in [1.807, 2.05) is 0 Å². The highest BCUT2D eigenvalue weighted by atomic mass is 19.1. The van der Waals surface area contributed by atoms with Crippen molar-refractivity contribution in [1.82, 2.24) is 9.78 Å². The number of nitrogens with two attached hydrogens (primary N) is 1. The lowest BCUT2D eigenvalue weighted by atomic mass is 10.2. The maximum absolute atomic E-state index is 13.3. The number of hydrogen-bond donors (Lipinski definition) is 1. The Morgan fingerprint density at radius 1 is 1.57 bits per heavy atom. The SMILES string of the molecule is C=CCn1ncc2c(F)cc(N)cc21. The predicted molar refractivity (Wildman–Crippen MR) is 54.3 cm³/mol. The molecule has 0 spiro atoms. The van der Waals surface area contributed by atoms with E-state index in [0.29, 0.717) is 23.1 Å². The molecule has 3 nitrogen and oxygen atoms in total. The lowest BCUT2D eigenvalue weighted by Crippen LogP contribution is -1.97. The fourth-order valence-corrected chi connectivity index (χ4v) is 1.42. The molecule has 2 rings (SSSR count). The summed E-state index contributed by atoms with van der Waals surface area (Å²) in [5, 5.41) is 4.52. The first-order valence-corrected chi connectivity index (χ1v) is 4.24. The standard InChI is InChI=1S/C10H10FN3/c1-2-3-14-10-5-7(12)4-9(11)8(10)6-13-14/h2,4-6H,1,3,12H2. The van der Waals surface area contributed by atoms with Crippen LogP contribution in [0.25, 0.3) is 10.9 Å². The Bertz CT molecular complexity index is 487. The van der Waals surface area contributed by atoms with Gasteiger partial charge < -0.3 is 5.73 Å². The fourth-order valence-electron chi connectivity index (χ4n) is 1.42. The third-order valence-corrected chi connectivity index (χ3v) is 2.04. The van der Waals surface area contributed by atoms with Crippen molar-refractivity contribution in [1.29, 1.82) is 0 Å². The van der Waals surface area contributed by atoms with E-state index in [0.717, 1.165) is 0 Å². The van der Waals surface area contributed by atoms with E-state index in [-0.39, 0.29) is 5.82 Å². The van der Waals surface area contributed by atoms with Gasteiger partial charge in [0.05, 0.1) is 23.6 Å². The summed E-state index contributed by atoms with van der Waals surface area (Å²) >= 11 is 0. The Morgan fingerprint density at radius 3 is 3.07 bits per heavy atom. The summed E-state index contributed by atoms with van der Waals surface area (Å²) in [5.74, 6) is -0.338. The summed E-state index contributed by atoms with van der Waals surface area (Å²) in [5.41, 5.74) is 6.64. The molecule has 0 unspecified atom stereocenters. The third kappa shape index (κ3) is 1.25. The van der Waals surface area contributed by atoms with Crippen molar-refractivity contribution in [2.45, 2.75) is 6.54 Å². The molecule has 2 aromatic rings. The minimum Gasteiger partial charge on any atom is -0.399 e. The number of rotatable bonds is 2. The van der Waals surface area contributed by atoms with Crippen LogP contribution in [0.4, 0.5) is 10.1 Å². The summed E-state index contributed by atoms with van der Waals surface area (Å²) in [6.07, 6.45) is 3.20. The normalized spacial score (nSPS) is 10.6. The number of hydrogen-bond acceptors (Lipinski definition) is 2. The molecule has 1 heterocycles. The first-order chi connectivity index (χ1) is 6.72. The van der Waals surface area contributed by atoms with Crippen molar-refractivity contribution in [3.05, 3.63) is 36.8 Å². The number of benzene rings is 1. The zero-order chi connectivity index (χ0) is 10.1. The summed E-state index contributed by atoms with van der Waals surface area (Å²) in [6.45, 7) is 4.15. The third-order valence-electron chi connectivity index (χ3n) is 2.04. The number of nitrogen functional groups attached to an aromatic ring is 1. The molecule has 0 aliphatic rings. The van der Waals surface area contributed by atoms with E-state index in [1.54, 1.807) is 16.8 Å². The van der Waals surface area contributed by atoms with Gasteiger partial charge in [-0.2, -0.15) is 5.10 Å². The molecule has 0 saturated carbocycles. The van der Waals surface area contributed by atoms with Crippen molar-refractivity contribution in [3.63, 3.8) is 0 Å². The van der Waals surface area contributed by atoms with E-state index < -0.39 is 0 Å². The quantitative estimate of drug-likeness (QED) is 0.582. The molecule has 14 heavy (non-hydrogen) atoms. The lowest BCUT2D eigenvalue weighted by Gasteiger charge is -2.00. The average molecular weight is 191 g/mol. The van der Waals surface area contributed by atoms with Gasteiger partial charge >= 0.3 is 0 Å². The number of allylic oxidation sites excluding steroid dienone is 1. The van der Waals surface area contributed by atoms with Crippen molar-refractivity contribution >= 4 is 16.6 Å². The van der Waals surface area contributed by atoms with Crippen LogP contribution in [0.5, 0.6) is 0 Å². The first kappa shape index (κ1) is 8.74. The molecule has 1 aromatic carbocycles. The lowest BCUT2D eigenvalue weighted by molar-refractivity contribution is 0.640. The molecule has 0 bridgehead atoms. The second kappa shape index (κ2) is 3.14. The number of aromatic nitrogens is 2. The van der Waals surface area contributed by atoms with Crippen LogP contribution in [0.1, 0.15) is 0 Å². The smallest absolute Gasteiger partial charge is 0.136 e. The van der Waals surface area contributed by atoms with Crippen LogP contribution in [0.15, 0.2) is 31.0 Å². The zero-order valence-electron chi connectivity index (χ0n) is 7.57. The molecular weight excluding hydrogens is 181 g/mol. The molecule has 4 heteroatoms. The number of anilines is 1. The summed E-state index contributed by atoms with van der Waals surface area (Å²) < 4.78 is 15.0. The molecule has 2 N–H and O–H groups in total. The minimum absolute atomic E-state index is 0.338. The Balaban J connectivity index is 2.71. The molecule has 0 saturated heterocycles. The number of fused-ring (bicyclic) bond motifs is 1. The van der Waals surface area contributed by atoms with Crippen LogP contribution in [-0.4, -0.2) is 9.78 Å². The highest BCUT2D eigenvalue weighted by Gasteiger charge is 2.07. The van der Waals surface area contributed by atoms with E-state index >= 15 is 0 Å². The Morgan fingerprint density at radius 2 is 2.36 bits per heavy atom. The van der Waals surface area contributed by atoms with Gasteiger partial charge in [0.1, 0.15) is 5.82 Å². The number of halogens is 1. The summed E-state index contributed by atoms with van der Waals surface area (Å²) in [6, 6.07) is 3.00. The molecule has 72 valence electrons. The molecule has 0 aliphatic heterocycles. The second-order valence-electron chi connectivity index (χ2n) is 3.05. The summed E-state index contributed by atoms with van der Waals surface area (Å²) in [7, 11) is 0. The average Bonchev–Trinajstić information content (AvgIpc) is 2.49. The fraction of sp³-hybridized carbons (Fsp3) is 0.100. The van der Waals surface area contributed by atoms with Gasteiger partial charge in [-0.15, -0.1) is 6.58 Å². The Hall–Kier alpha value is -1.84. The molecule has 1 aromatic heterocycles. The van der Waals surface area contributed by atoms with Crippen LogP contribution in [0.2, 0.25) is 0 Å². The largest absolute Gasteiger partial charge is 0.399 e. The van der Waals surface area contributed by atoms with Crippen LogP contribution >= 0.6 is 0 Å². The molecule has 0 aliphatic carbocycles. The number of nitrogens with zero attached hydrogens (tertiary/aromatic N) is 2. The maximum atomic E-state index is 13.3. The molecule has 0 amide bonds. The molecule has 0 radical (unpaired) electrons. The van der Waals surface area contributed by atoms with E-state index in [1.165, 1.54) is 12.3 Å². The highest BCUT2D eigenvalue weighted by Crippen LogP contribution is 2.20. The topological polar surface area (TPSA) is 43.8 Å². The molecular formula is C10H10FN3. The zero-order valence-corrected chi connectivity index (χ0v) is 7.57. The highest BCUT2D eigenvalue weighted by molar-refractivity contribution is 5.82. The van der Waals surface area contributed by atoms with Gasteiger partial charge in [-0.3, -0.25) is 4.68 Å². The minimum atomic E-state index is -0.338. The van der Waals surface area contributed by atoms with E-state index in [2.05, 4.69) is 11.7 Å². The van der Waals surface area contributed by atoms with Crippen molar-refractivity contribution in [3.8, 4) is 0 Å². The predicted octanol–water partition coefficient (Wildman–Crippen LogP) is 1.94. The van der Waals surface area contributed by atoms with Crippen LogP contribution < -0.4 is 5.73 Å². The van der Waals surface area contributed by atoms with Crippen molar-refractivity contribution in [2.75, 3.05) is 5.73 Å². The van der Waals surface area contributed by atoms with E-state index in [4.69, 9.17) is 5.73 Å². The Labute approximate surface area is 80.6 Å². The van der Waals surface area contributed by atoms with Crippen LogP contribution in [-0.2, 0) is 6.54 Å². The second-order valence-corrected chi connectivity index (χ2v) is 3.05. The van der Waals surface area contributed by atoms with Crippen molar-refractivity contribution in [2.24, 2.45) is 0 Å². The van der Waals surface area contributed by atoms with Gasteiger partial charge in [-0.05, 0) is 12.1 Å². The van der Waals surface area contributed by atoms with Gasteiger partial charge in [0.2, 0.25) is 0 Å². The molecule has 0 fully saturated rings. The van der Waals surface area contributed by atoms with E-state index in [9.17, 15) is 4.39 Å². The monoisotopic (exact) mass is 191 g/mol. The van der Waals surface area contributed by atoms with Gasteiger partial charge in [0.25, 0.3) is 0 Å². The maximum Gasteiger partial charge on any atom is 0.136 e. The van der Waals surface area contributed by atoms with Gasteiger partial charge in [0, 0.05) is 5.69 Å². The first-order valence-electron chi connectivity index (χ1n) is 4.24. The van der Waals surface area contributed by atoms with Crippen molar-refractivity contribution < 1.29 is 4.39 Å². The van der Waals surface area contributed by atoms with Gasteiger partial charge in [-0.25, -0.2) is 4.39 Å². The molecule has 0 atom stereocenters. The Kier molecular flexibility index (Phi) is 1.96. The van der Waals surface area contributed by atoms with Gasteiger partial charge in [-0.1, -0.05) is 6.08 Å². The van der Waals surface area contributed by atoms with Gasteiger partial charge in [0.15, 0.2) is 0 Å². The van der Waals surface area contributed by atoms with Crippen LogP contribution in [0.3, 0.4) is 0 Å².